The lowest BCUT2D eigenvalue weighted by Crippen LogP contribution is -2.15. The van der Waals surface area contributed by atoms with Crippen molar-refractivity contribution in [2.24, 2.45) is 0 Å². The first kappa shape index (κ1) is 23.3. The van der Waals surface area contributed by atoms with E-state index in [0.717, 1.165) is 11.6 Å². The molecule has 3 aromatic rings. The second-order valence-electron chi connectivity index (χ2n) is 6.81. The third-order valence-corrected chi connectivity index (χ3v) is 5.56. The van der Waals surface area contributed by atoms with Gasteiger partial charge in [0, 0.05) is 18.7 Å². The molecule has 11 nitrogen and oxygen atoms in total. The SMILES string of the molecule is CCOc1ccc(NC(=O)CSc2nnc(CCn3nc([N+](=O)[O-])cc3C)n2CC)cc1. The molecule has 0 spiro atoms. The van der Waals surface area contributed by atoms with E-state index in [-0.39, 0.29) is 17.5 Å². The molecule has 0 aliphatic rings. The zero-order valence-corrected chi connectivity index (χ0v) is 19.0. The highest BCUT2D eigenvalue weighted by Gasteiger charge is 2.18. The molecule has 12 heteroatoms. The van der Waals surface area contributed by atoms with Gasteiger partial charge in [-0.1, -0.05) is 11.8 Å². The van der Waals surface area contributed by atoms with Gasteiger partial charge in [0.15, 0.2) is 5.16 Å². The number of carbonyl (C=O) groups excluding carboxylic acids is 1. The number of nitrogens with one attached hydrogen (secondary N) is 1. The first-order valence-corrected chi connectivity index (χ1v) is 11.2. The minimum absolute atomic E-state index is 0.147. The highest BCUT2D eigenvalue weighted by Crippen LogP contribution is 2.20. The molecular weight excluding hydrogens is 434 g/mol. The van der Waals surface area contributed by atoms with Crippen LogP contribution in [0.25, 0.3) is 0 Å². The zero-order chi connectivity index (χ0) is 23.1. The summed E-state index contributed by atoms with van der Waals surface area (Å²) < 4.78 is 8.91. The first-order chi connectivity index (χ1) is 15.4. The molecular formula is C20H25N7O4S. The molecule has 0 saturated heterocycles. The van der Waals surface area contributed by atoms with Crippen LogP contribution in [-0.2, 0) is 24.3 Å². The van der Waals surface area contributed by atoms with E-state index in [2.05, 4.69) is 20.6 Å². The minimum Gasteiger partial charge on any atom is -0.494 e. The van der Waals surface area contributed by atoms with E-state index in [1.165, 1.54) is 17.8 Å². The van der Waals surface area contributed by atoms with E-state index in [0.29, 0.717) is 42.7 Å². The van der Waals surface area contributed by atoms with Gasteiger partial charge in [-0.3, -0.25) is 4.79 Å². The molecule has 0 aliphatic heterocycles. The van der Waals surface area contributed by atoms with Crippen LogP contribution in [0.2, 0.25) is 0 Å². The maximum atomic E-state index is 12.3. The molecule has 0 fully saturated rings. The van der Waals surface area contributed by atoms with Crippen molar-refractivity contribution in [2.75, 3.05) is 17.7 Å². The van der Waals surface area contributed by atoms with Crippen LogP contribution in [0.3, 0.4) is 0 Å². The van der Waals surface area contributed by atoms with E-state index in [9.17, 15) is 14.9 Å². The lowest BCUT2D eigenvalue weighted by molar-refractivity contribution is -0.389. The molecule has 0 saturated carbocycles. The summed E-state index contributed by atoms with van der Waals surface area (Å²) in [6.45, 7) is 7.33. The van der Waals surface area contributed by atoms with Crippen LogP contribution in [0.1, 0.15) is 25.4 Å². The van der Waals surface area contributed by atoms with E-state index in [1.807, 2.05) is 30.5 Å². The molecule has 3 rings (SSSR count). The quantitative estimate of drug-likeness (QED) is 0.263. The number of ether oxygens (including phenoxy) is 1. The molecule has 2 heterocycles. The third-order valence-electron chi connectivity index (χ3n) is 4.59. The van der Waals surface area contributed by atoms with Gasteiger partial charge < -0.3 is 24.7 Å². The normalized spacial score (nSPS) is 10.8. The summed E-state index contributed by atoms with van der Waals surface area (Å²) in [6.07, 6.45) is 0.513. The molecule has 32 heavy (non-hydrogen) atoms. The number of nitro groups is 1. The van der Waals surface area contributed by atoms with Gasteiger partial charge >= 0.3 is 5.82 Å². The lowest BCUT2D eigenvalue weighted by atomic mass is 10.3. The first-order valence-electron chi connectivity index (χ1n) is 10.2. The fourth-order valence-electron chi connectivity index (χ4n) is 3.07. The minimum atomic E-state index is -0.509. The van der Waals surface area contributed by atoms with Crippen LogP contribution in [0, 0.1) is 17.0 Å². The summed E-state index contributed by atoms with van der Waals surface area (Å²) in [5.41, 5.74) is 1.40. The standard InChI is InChI=1S/C20H25N7O4S/c1-4-25-17(10-11-26-14(3)12-18(24-26)27(29)30)22-23-20(25)32-13-19(28)21-15-6-8-16(9-7-15)31-5-2/h6-9,12H,4-5,10-11,13H2,1-3H3,(H,21,28). The van der Waals surface area contributed by atoms with Crippen molar-refractivity contribution in [3.05, 3.63) is 52.0 Å². The number of hydrogen-bond donors (Lipinski definition) is 1. The van der Waals surface area contributed by atoms with Crippen molar-refractivity contribution in [3.63, 3.8) is 0 Å². The van der Waals surface area contributed by atoms with Crippen LogP contribution in [-0.4, -0.2) is 47.7 Å². The van der Waals surface area contributed by atoms with E-state index in [4.69, 9.17) is 4.74 Å². The predicted molar refractivity (Wildman–Crippen MR) is 120 cm³/mol. The Morgan fingerprint density at radius 2 is 2.00 bits per heavy atom. The number of aromatic nitrogens is 5. The number of nitrogens with zero attached hydrogens (tertiary/aromatic N) is 6. The predicted octanol–water partition coefficient (Wildman–Crippen LogP) is 3.08. The summed E-state index contributed by atoms with van der Waals surface area (Å²) in [5, 5.41) is 26.8. The summed E-state index contributed by atoms with van der Waals surface area (Å²) in [7, 11) is 0. The molecule has 1 N–H and O–H groups in total. The second-order valence-corrected chi connectivity index (χ2v) is 7.75. The Labute approximate surface area is 189 Å². The number of amides is 1. The monoisotopic (exact) mass is 459 g/mol. The molecule has 2 aromatic heterocycles. The van der Waals surface area contributed by atoms with Gasteiger partial charge in [-0.15, -0.1) is 10.2 Å². The maximum Gasteiger partial charge on any atom is 0.390 e. The van der Waals surface area contributed by atoms with Crippen molar-refractivity contribution >= 4 is 29.2 Å². The number of thioether (sulfide) groups is 1. The van der Waals surface area contributed by atoms with Gasteiger partial charge in [-0.25, -0.2) is 0 Å². The van der Waals surface area contributed by atoms with Gasteiger partial charge in [0.25, 0.3) is 0 Å². The highest BCUT2D eigenvalue weighted by atomic mass is 32.2. The largest absolute Gasteiger partial charge is 0.494 e. The Hall–Kier alpha value is -3.41. The fourth-order valence-corrected chi connectivity index (χ4v) is 3.89. The Morgan fingerprint density at radius 3 is 2.62 bits per heavy atom. The van der Waals surface area contributed by atoms with E-state index >= 15 is 0 Å². The van der Waals surface area contributed by atoms with Crippen molar-refractivity contribution < 1.29 is 14.5 Å². The summed E-state index contributed by atoms with van der Waals surface area (Å²) in [4.78, 5) is 22.7. The van der Waals surface area contributed by atoms with E-state index < -0.39 is 4.92 Å². The Bertz CT molecular complexity index is 1080. The van der Waals surface area contributed by atoms with Gasteiger partial charge in [-0.2, -0.15) is 4.68 Å². The molecule has 0 radical (unpaired) electrons. The number of hydrogen-bond acceptors (Lipinski definition) is 8. The summed E-state index contributed by atoms with van der Waals surface area (Å²) in [6, 6.07) is 8.64. The third kappa shape index (κ3) is 5.84. The van der Waals surface area contributed by atoms with Crippen molar-refractivity contribution in [1.29, 1.82) is 0 Å². The topological polar surface area (TPSA) is 130 Å². The average Bonchev–Trinajstić information content (AvgIpc) is 3.35. The van der Waals surface area contributed by atoms with Crippen LogP contribution in [0.5, 0.6) is 5.75 Å². The van der Waals surface area contributed by atoms with Crippen molar-refractivity contribution in [2.45, 2.75) is 45.4 Å². The van der Waals surface area contributed by atoms with Gasteiger partial charge in [0.2, 0.25) is 5.91 Å². The van der Waals surface area contributed by atoms with Crippen LogP contribution in [0.4, 0.5) is 11.5 Å². The van der Waals surface area contributed by atoms with Crippen LogP contribution >= 0.6 is 11.8 Å². The lowest BCUT2D eigenvalue weighted by Gasteiger charge is -2.08. The molecule has 0 aliphatic carbocycles. The summed E-state index contributed by atoms with van der Waals surface area (Å²) in [5.74, 6) is 1.36. The zero-order valence-electron chi connectivity index (χ0n) is 18.1. The number of anilines is 1. The van der Waals surface area contributed by atoms with Gasteiger partial charge in [0.05, 0.1) is 35.8 Å². The van der Waals surface area contributed by atoms with Crippen LogP contribution < -0.4 is 10.1 Å². The van der Waals surface area contributed by atoms with Gasteiger partial charge in [0.1, 0.15) is 11.6 Å². The van der Waals surface area contributed by atoms with Crippen LogP contribution in [0.15, 0.2) is 35.5 Å². The molecule has 1 amide bonds. The van der Waals surface area contributed by atoms with Gasteiger partial charge in [-0.05, 0) is 50.0 Å². The molecule has 0 unspecified atom stereocenters. The Kier molecular flexibility index (Phi) is 7.82. The van der Waals surface area contributed by atoms with Crippen molar-refractivity contribution in [1.82, 2.24) is 24.5 Å². The molecule has 170 valence electrons. The number of benzene rings is 1. The van der Waals surface area contributed by atoms with Crippen molar-refractivity contribution in [3.8, 4) is 5.75 Å². The Morgan fingerprint density at radius 1 is 1.25 bits per heavy atom. The molecule has 1 aromatic carbocycles. The van der Waals surface area contributed by atoms with E-state index in [1.54, 1.807) is 23.7 Å². The summed E-state index contributed by atoms with van der Waals surface area (Å²) >= 11 is 1.30. The number of aryl methyl sites for hydroxylation is 3. The average molecular weight is 460 g/mol. The second kappa shape index (κ2) is 10.8. The highest BCUT2D eigenvalue weighted by molar-refractivity contribution is 7.99. The smallest absolute Gasteiger partial charge is 0.390 e. The molecule has 0 bridgehead atoms. The Balaban J connectivity index is 1.56. The molecule has 0 atom stereocenters. The number of carbonyl (C=O) groups is 1. The number of rotatable bonds is 11. The maximum absolute atomic E-state index is 12.3. The fraction of sp³-hybridized carbons (Fsp3) is 0.400.